The van der Waals surface area contributed by atoms with Gasteiger partial charge in [-0.05, 0) is 22.0 Å². The third kappa shape index (κ3) is 1.21. The summed E-state index contributed by atoms with van der Waals surface area (Å²) < 4.78 is 1.92. The van der Waals surface area contributed by atoms with Gasteiger partial charge in [-0.15, -0.1) is 11.3 Å². The largest absolute Gasteiger partial charge is 0.474 e. The lowest BCUT2D eigenvalue weighted by molar-refractivity contribution is 0.566. The number of thiophene rings is 1. The van der Waals surface area contributed by atoms with E-state index < -0.39 is 7.05 Å². The molecule has 0 radical (unpaired) electrons. The van der Waals surface area contributed by atoms with Gasteiger partial charge in [0.2, 0.25) is 0 Å². The Balaban J connectivity index is 2.53. The van der Waals surface area contributed by atoms with E-state index in [1.165, 1.54) is 11.3 Å². The summed E-state index contributed by atoms with van der Waals surface area (Å²) in [6.07, 6.45) is 1.70. The molecular formula is C5H4BBrN2OS. The summed E-state index contributed by atoms with van der Waals surface area (Å²) >= 11 is 4.85. The fraction of sp³-hybridized carbons (Fsp3) is 0. The molecule has 56 valence electrons. The zero-order valence-corrected chi connectivity index (χ0v) is 7.82. The molecule has 3 nitrogen and oxygen atoms in total. The van der Waals surface area contributed by atoms with Gasteiger partial charge in [-0.3, -0.25) is 0 Å². The molecule has 0 amide bonds. The molecule has 2 rings (SSSR count). The number of fused-ring (bicyclic) bond motifs is 1. The first kappa shape index (κ1) is 7.33. The van der Waals surface area contributed by atoms with E-state index in [9.17, 15) is 5.02 Å². The second kappa shape index (κ2) is 2.62. The average Bonchev–Trinajstić information content (AvgIpc) is 2.31. The minimum Gasteiger partial charge on any atom is -0.427 e. The first-order chi connectivity index (χ1) is 5.27. The van der Waals surface area contributed by atoms with Gasteiger partial charge >= 0.3 is 7.05 Å². The van der Waals surface area contributed by atoms with Crippen LogP contribution in [0.4, 0.5) is 0 Å². The first-order valence-electron chi connectivity index (χ1n) is 3.03. The summed E-state index contributed by atoms with van der Waals surface area (Å²) in [6.45, 7) is 0. The lowest BCUT2D eigenvalue weighted by atomic mass is 9.80. The van der Waals surface area contributed by atoms with E-state index in [1.54, 1.807) is 6.21 Å². The summed E-state index contributed by atoms with van der Waals surface area (Å²) in [7, 11) is -0.647. The first-order valence-corrected chi connectivity index (χ1v) is 4.64. The quantitative estimate of drug-likeness (QED) is 0.623. The van der Waals surface area contributed by atoms with Gasteiger partial charge in [-0.2, -0.15) is 5.10 Å². The second-order valence-corrected chi connectivity index (χ2v) is 4.62. The molecule has 2 heterocycles. The lowest BCUT2D eigenvalue weighted by Crippen LogP contribution is -2.44. The van der Waals surface area contributed by atoms with Crippen LogP contribution in [0.25, 0.3) is 0 Å². The maximum absolute atomic E-state index is 9.34. The van der Waals surface area contributed by atoms with Gasteiger partial charge < -0.3 is 10.4 Å². The Morgan fingerprint density at radius 2 is 2.55 bits per heavy atom. The molecular weight excluding hydrogens is 227 g/mol. The summed E-state index contributed by atoms with van der Waals surface area (Å²) in [6, 6.07) is 1.94. The second-order valence-electron chi connectivity index (χ2n) is 2.16. The minimum atomic E-state index is -0.647. The zero-order chi connectivity index (χ0) is 7.84. The maximum Gasteiger partial charge on any atom is 0.474 e. The number of halogens is 1. The Labute approximate surface area is 76.4 Å². The van der Waals surface area contributed by atoms with Crippen molar-refractivity contribution < 1.29 is 5.02 Å². The Kier molecular flexibility index (Phi) is 1.75. The van der Waals surface area contributed by atoms with Gasteiger partial charge in [0, 0.05) is 10.3 Å². The molecule has 0 fully saturated rings. The van der Waals surface area contributed by atoms with Crippen LogP contribution in [-0.4, -0.2) is 18.3 Å². The highest BCUT2D eigenvalue weighted by molar-refractivity contribution is 9.11. The van der Waals surface area contributed by atoms with Crippen molar-refractivity contribution in [3.63, 3.8) is 0 Å². The molecule has 1 aromatic heterocycles. The Bertz CT molecular complexity index is 313. The molecule has 0 aliphatic carbocycles. The van der Waals surface area contributed by atoms with Gasteiger partial charge in [-0.1, -0.05) is 0 Å². The van der Waals surface area contributed by atoms with Gasteiger partial charge in [-0.25, -0.2) is 0 Å². The molecule has 0 atom stereocenters. The Hall–Kier alpha value is -0.325. The van der Waals surface area contributed by atoms with E-state index in [0.717, 1.165) is 14.1 Å². The highest BCUT2D eigenvalue weighted by atomic mass is 79.9. The van der Waals surface area contributed by atoms with Crippen LogP contribution in [0, 0.1) is 0 Å². The van der Waals surface area contributed by atoms with Crippen LogP contribution in [0.2, 0.25) is 0 Å². The minimum absolute atomic E-state index is 0.647. The standard InChI is InChI=1S/C5H4BBrN2OS/c7-4-1-3-2-8-9-6(10)5(3)11-4/h1-2,9-10H. The molecule has 2 N–H and O–H groups in total. The van der Waals surface area contributed by atoms with Crippen LogP contribution in [0.3, 0.4) is 0 Å². The van der Waals surface area contributed by atoms with Crippen molar-refractivity contribution in [2.45, 2.75) is 0 Å². The average molecular weight is 231 g/mol. The number of hydrogen-bond donors (Lipinski definition) is 2. The van der Waals surface area contributed by atoms with Crippen LogP contribution in [-0.2, 0) is 0 Å². The predicted octanol–water partition coefficient (Wildman–Crippen LogP) is 0.135. The van der Waals surface area contributed by atoms with Gasteiger partial charge in [0.05, 0.1) is 10.0 Å². The normalized spacial score (nSPS) is 14.5. The molecule has 0 bridgehead atoms. The molecule has 1 aromatic rings. The maximum atomic E-state index is 9.34. The van der Waals surface area contributed by atoms with E-state index in [2.05, 4.69) is 26.4 Å². The van der Waals surface area contributed by atoms with Crippen molar-refractivity contribution in [3.05, 3.63) is 15.4 Å². The molecule has 0 unspecified atom stereocenters. The van der Waals surface area contributed by atoms with E-state index in [4.69, 9.17) is 0 Å². The summed E-state index contributed by atoms with van der Waals surface area (Å²) in [5, 5.41) is 15.7. The zero-order valence-electron chi connectivity index (χ0n) is 5.41. The lowest BCUT2D eigenvalue weighted by Gasteiger charge is -2.07. The van der Waals surface area contributed by atoms with Crippen molar-refractivity contribution in [2.75, 3.05) is 0 Å². The van der Waals surface area contributed by atoms with E-state index >= 15 is 0 Å². The topological polar surface area (TPSA) is 44.6 Å². The van der Waals surface area contributed by atoms with Crippen LogP contribution in [0.5, 0.6) is 0 Å². The Morgan fingerprint density at radius 1 is 1.73 bits per heavy atom. The van der Waals surface area contributed by atoms with Crippen molar-refractivity contribution in [2.24, 2.45) is 5.10 Å². The smallest absolute Gasteiger partial charge is 0.427 e. The van der Waals surface area contributed by atoms with E-state index in [-0.39, 0.29) is 0 Å². The summed E-state index contributed by atoms with van der Waals surface area (Å²) in [4.78, 5) is 0. The van der Waals surface area contributed by atoms with Crippen molar-refractivity contribution in [3.8, 4) is 0 Å². The third-order valence-electron chi connectivity index (χ3n) is 1.41. The number of hydrazone groups is 1. The van der Waals surface area contributed by atoms with Crippen LogP contribution >= 0.6 is 27.3 Å². The number of nitrogens with zero attached hydrogens (tertiary/aromatic N) is 1. The molecule has 0 saturated heterocycles. The SMILES string of the molecule is OB1NN=Cc2cc(Br)sc21. The molecule has 0 saturated carbocycles. The summed E-state index contributed by atoms with van der Waals surface area (Å²) in [5.74, 6) is 0. The van der Waals surface area contributed by atoms with Crippen molar-refractivity contribution in [1.29, 1.82) is 0 Å². The molecule has 0 spiro atoms. The Morgan fingerprint density at radius 3 is 3.27 bits per heavy atom. The van der Waals surface area contributed by atoms with Crippen molar-refractivity contribution in [1.82, 2.24) is 5.34 Å². The van der Waals surface area contributed by atoms with Crippen LogP contribution < -0.4 is 10.1 Å². The molecule has 1 aliphatic heterocycles. The van der Waals surface area contributed by atoms with Crippen molar-refractivity contribution >= 4 is 45.3 Å². The van der Waals surface area contributed by atoms with Gasteiger partial charge in [0.15, 0.2) is 0 Å². The molecule has 11 heavy (non-hydrogen) atoms. The molecule has 6 heteroatoms. The third-order valence-corrected chi connectivity index (χ3v) is 3.12. The number of rotatable bonds is 0. The number of nitrogens with one attached hydrogen (secondary N) is 1. The van der Waals surface area contributed by atoms with Gasteiger partial charge in [0.1, 0.15) is 0 Å². The van der Waals surface area contributed by atoms with E-state index in [0.29, 0.717) is 0 Å². The van der Waals surface area contributed by atoms with Crippen LogP contribution in [0.1, 0.15) is 5.56 Å². The van der Waals surface area contributed by atoms with E-state index in [1.807, 2.05) is 6.07 Å². The fourth-order valence-corrected chi connectivity index (χ4v) is 2.50. The monoisotopic (exact) mass is 230 g/mol. The highest BCUT2D eigenvalue weighted by Gasteiger charge is 2.23. The van der Waals surface area contributed by atoms with Gasteiger partial charge in [0.25, 0.3) is 0 Å². The summed E-state index contributed by atoms with van der Waals surface area (Å²) in [5.41, 5.74) is 0.980. The number of hydrogen-bond acceptors (Lipinski definition) is 4. The van der Waals surface area contributed by atoms with Crippen LogP contribution in [0.15, 0.2) is 15.0 Å². The molecule has 1 aliphatic rings. The molecule has 0 aromatic carbocycles. The fourth-order valence-electron chi connectivity index (χ4n) is 0.937. The predicted molar refractivity (Wildman–Crippen MR) is 50.4 cm³/mol. The highest BCUT2D eigenvalue weighted by Crippen LogP contribution is 2.18.